The maximum atomic E-state index is 15.1. The summed E-state index contributed by atoms with van der Waals surface area (Å²) in [6, 6.07) is 25.4. The second-order valence-corrected chi connectivity index (χ2v) is 11.1. The van der Waals surface area contributed by atoms with E-state index in [2.05, 4.69) is 5.32 Å². The molecule has 3 aliphatic rings. The maximum Gasteiger partial charge on any atom is 0.238 e. The Morgan fingerprint density at radius 2 is 1.48 bits per heavy atom. The second-order valence-electron chi connectivity index (χ2n) is 11.1. The van der Waals surface area contributed by atoms with Crippen molar-refractivity contribution in [2.45, 2.75) is 17.5 Å². The summed E-state index contributed by atoms with van der Waals surface area (Å²) in [5, 5.41) is 3.07. The predicted octanol–water partition coefficient (Wildman–Crippen LogP) is 5.69. The van der Waals surface area contributed by atoms with E-state index in [0.717, 1.165) is 11.1 Å². The number of nitrogens with one attached hydrogen (secondary N) is 1. The number of ketones is 2. The number of ether oxygens (including phenoxy) is 3. The van der Waals surface area contributed by atoms with Crippen LogP contribution in [0.25, 0.3) is 6.08 Å². The molecule has 1 spiro atoms. The van der Waals surface area contributed by atoms with E-state index in [9.17, 15) is 9.59 Å². The first-order valence-corrected chi connectivity index (χ1v) is 14.3. The topological polar surface area (TPSA) is 94.2 Å². The lowest BCUT2D eigenvalue weighted by Crippen LogP contribution is -2.49. The van der Waals surface area contributed by atoms with Crippen molar-refractivity contribution in [3.63, 3.8) is 0 Å². The molecule has 8 nitrogen and oxygen atoms in total. The van der Waals surface area contributed by atoms with Gasteiger partial charge in [0, 0.05) is 18.0 Å². The summed E-state index contributed by atoms with van der Waals surface area (Å²) in [4.78, 5) is 46.6. The Morgan fingerprint density at radius 1 is 0.773 bits per heavy atom. The van der Waals surface area contributed by atoms with Crippen LogP contribution in [0, 0.1) is 5.92 Å². The van der Waals surface area contributed by atoms with Gasteiger partial charge in [-0.15, -0.1) is 0 Å². The van der Waals surface area contributed by atoms with Crippen LogP contribution >= 0.6 is 0 Å². The number of Topliss-reactive ketones (excluding diaryl/α,β-unsaturated/α-hetero) is 2. The summed E-state index contributed by atoms with van der Waals surface area (Å²) in [6.45, 7) is 0. The van der Waals surface area contributed by atoms with E-state index < -0.39 is 23.4 Å². The molecule has 0 aromatic heterocycles. The minimum atomic E-state index is -1.45. The third-order valence-electron chi connectivity index (χ3n) is 9.17. The van der Waals surface area contributed by atoms with Crippen molar-refractivity contribution in [2.75, 3.05) is 26.6 Å². The molecule has 0 unspecified atom stereocenters. The van der Waals surface area contributed by atoms with Crippen molar-refractivity contribution in [3.8, 4) is 17.2 Å². The molecule has 1 amide bonds. The maximum absolute atomic E-state index is 15.1. The molecule has 44 heavy (non-hydrogen) atoms. The summed E-state index contributed by atoms with van der Waals surface area (Å²) < 4.78 is 16.7. The number of benzene rings is 4. The van der Waals surface area contributed by atoms with Crippen molar-refractivity contribution in [3.05, 3.63) is 125 Å². The van der Waals surface area contributed by atoms with Gasteiger partial charge in [0.1, 0.15) is 28.7 Å². The minimum Gasteiger partial charge on any atom is -0.497 e. The summed E-state index contributed by atoms with van der Waals surface area (Å²) >= 11 is 0. The number of hydrogen-bond acceptors (Lipinski definition) is 7. The van der Waals surface area contributed by atoms with Gasteiger partial charge < -0.3 is 24.4 Å². The van der Waals surface area contributed by atoms with Crippen LogP contribution in [0.15, 0.2) is 97.2 Å². The third kappa shape index (κ3) is 3.73. The highest BCUT2D eigenvalue weighted by Crippen LogP contribution is 2.62. The average Bonchev–Trinajstić information content (AvgIpc) is 3.55. The Bertz CT molecular complexity index is 1870. The zero-order valence-corrected chi connectivity index (χ0v) is 24.4. The van der Waals surface area contributed by atoms with E-state index in [1.807, 2.05) is 65.7 Å². The van der Waals surface area contributed by atoms with Crippen molar-refractivity contribution < 1.29 is 28.6 Å². The van der Waals surface area contributed by atoms with Crippen LogP contribution in [0.4, 0.5) is 5.69 Å². The Labute approximate surface area is 254 Å². The van der Waals surface area contributed by atoms with Crippen LogP contribution in [-0.2, 0) is 10.2 Å². The van der Waals surface area contributed by atoms with Crippen molar-refractivity contribution in [1.29, 1.82) is 0 Å². The smallest absolute Gasteiger partial charge is 0.238 e. The van der Waals surface area contributed by atoms with Gasteiger partial charge in [-0.3, -0.25) is 14.4 Å². The normalized spacial score (nSPS) is 22.6. The number of fused-ring (bicyclic) bond motifs is 6. The summed E-state index contributed by atoms with van der Waals surface area (Å²) in [7, 11) is 4.52. The van der Waals surface area contributed by atoms with Gasteiger partial charge in [0.15, 0.2) is 11.6 Å². The number of anilines is 1. The SMILES string of the molecule is COc1ccc(C(=O)[C@@H]2[C@H](C(=O)c3ccccc3OC)[C@]3(C(=O)Nc4ccccc43)[C@H]3c4ccccc4C=CN23)c(OC)c1. The fourth-order valence-corrected chi connectivity index (χ4v) is 7.34. The van der Waals surface area contributed by atoms with Crippen LogP contribution in [0.3, 0.4) is 0 Å². The highest BCUT2D eigenvalue weighted by molar-refractivity contribution is 6.17. The Morgan fingerprint density at radius 3 is 2.27 bits per heavy atom. The molecule has 3 heterocycles. The quantitative estimate of drug-likeness (QED) is 0.278. The minimum absolute atomic E-state index is 0.283. The van der Waals surface area contributed by atoms with Crippen molar-refractivity contribution in [2.24, 2.45) is 5.92 Å². The van der Waals surface area contributed by atoms with E-state index in [-0.39, 0.29) is 23.0 Å². The van der Waals surface area contributed by atoms with Gasteiger partial charge in [0.2, 0.25) is 5.91 Å². The average molecular weight is 587 g/mol. The first-order valence-electron chi connectivity index (χ1n) is 14.3. The van der Waals surface area contributed by atoms with E-state index in [0.29, 0.717) is 34.1 Å². The highest BCUT2D eigenvalue weighted by atomic mass is 16.5. The Balaban J connectivity index is 1.54. The fourth-order valence-electron chi connectivity index (χ4n) is 7.34. The lowest BCUT2D eigenvalue weighted by Gasteiger charge is -2.38. The molecule has 7 rings (SSSR count). The first-order chi connectivity index (χ1) is 21.4. The fraction of sp³-hybridized carbons (Fsp3) is 0.194. The number of carbonyl (C=O) groups is 3. The Kier molecular flexibility index (Phi) is 6.50. The molecule has 1 saturated heterocycles. The number of hydrogen-bond donors (Lipinski definition) is 1. The van der Waals surface area contributed by atoms with Gasteiger partial charge in [-0.1, -0.05) is 54.6 Å². The lowest BCUT2D eigenvalue weighted by atomic mass is 9.62. The molecule has 0 radical (unpaired) electrons. The van der Waals surface area contributed by atoms with E-state index in [1.165, 1.54) is 21.3 Å². The first kappa shape index (κ1) is 27.5. The predicted molar refractivity (Wildman–Crippen MR) is 165 cm³/mol. The molecular formula is C36H30N2O6. The van der Waals surface area contributed by atoms with E-state index in [4.69, 9.17) is 14.2 Å². The third-order valence-corrected chi connectivity index (χ3v) is 9.17. The number of rotatable bonds is 7. The largest absolute Gasteiger partial charge is 0.497 e. The van der Waals surface area contributed by atoms with Gasteiger partial charge in [-0.25, -0.2) is 0 Å². The molecule has 4 atom stereocenters. The van der Waals surface area contributed by atoms with E-state index in [1.54, 1.807) is 42.5 Å². The van der Waals surface area contributed by atoms with Gasteiger partial charge >= 0.3 is 0 Å². The monoisotopic (exact) mass is 586 g/mol. The van der Waals surface area contributed by atoms with Crippen LogP contribution in [0.1, 0.15) is 43.4 Å². The molecule has 4 aromatic carbocycles. The standard InChI is InChI=1S/C36H30N2O6/c1-42-22-16-17-25(29(20-22)44-3)33(40)31-30(32(39)24-12-6-9-15-28(24)43-2)36(26-13-7-8-14-27(26)37-35(36)41)34-23-11-5-4-10-21(23)18-19-38(31)34/h4-20,30-31,34H,1-3H3,(H,37,41)/t30-,31+,34-,36+/m1/s1. The zero-order chi connectivity index (χ0) is 30.6. The number of amides is 1. The van der Waals surface area contributed by atoms with Gasteiger partial charge in [0.05, 0.1) is 44.4 Å². The van der Waals surface area contributed by atoms with Crippen LogP contribution in [-0.4, -0.2) is 49.7 Å². The van der Waals surface area contributed by atoms with Crippen molar-refractivity contribution in [1.82, 2.24) is 4.90 Å². The van der Waals surface area contributed by atoms with Crippen LogP contribution in [0.2, 0.25) is 0 Å². The number of methoxy groups -OCH3 is 3. The molecule has 0 aliphatic carbocycles. The number of para-hydroxylation sites is 2. The van der Waals surface area contributed by atoms with Crippen molar-refractivity contribution >= 4 is 29.2 Å². The summed E-state index contributed by atoms with van der Waals surface area (Å²) in [5.74, 6) is -0.967. The molecule has 4 aromatic rings. The summed E-state index contributed by atoms with van der Waals surface area (Å²) in [6.07, 6.45) is 3.77. The van der Waals surface area contributed by atoms with Gasteiger partial charge in [0.25, 0.3) is 0 Å². The zero-order valence-electron chi connectivity index (χ0n) is 24.4. The molecule has 1 fully saturated rings. The molecule has 0 saturated carbocycles. The van der Waals surface area contributed by atoms with Crippen LogP contribution < -0.4 is 19.5 Å². The van der Waals surface area contributed by atoms with Gasteiger partial charge in [-0.2, -0.15) is 0 Å². The van der Waals surface area contributed by atoms with E-state index >= 15 is 4.79 Å². The molecule has 8 heteroatoms. The second kappa shape index (κ2) is 10.4. The molecule has 220 valence electrons. The number of carbonyl (C=O) groups excluding carboxylic acids is 3. The number of nitrogens with zero attached hydrogens (tertiary/aromatic N) is 1. The lowest BCUT2D eigenvalue weighted by molar-refractivity contribution is -0.122. The van der Waals surface area contributed by atoms with Gasteiger partial charge in [-0.05, 0) is 53.1 Å². The Hall–Kier alpha value is -5.37. The summed E-state index contributed by atoms with van der Waals surface area (Å²) in [5.41, 5.74) is 2.21. The molecule has 3 aliphatic heterocycles. The highest BCUT2D eigenvalue weighted by Gasteiger charge is 2.71. The molecule has 1 N–H and O–H groups in total. The van der Waals surface area contributed by atoms with Crippen LogP contribution in [0.5, 0.6) is 17.2 Å². The molecule has 0 bridgehead atoms. The molecular weight excluding hydrogens is 556 g/mol.